The molecule has 1 fully saturated rings. The van der Waals surface area contributed by atoms with Gasteiger partial charge in [-0.2, -0.15) is 0 Å². The van der Waals surface area contributed by atoms with Crippen molar-refractivity contribution in [3.8, 4) is 5.75 Å². The van der Waals surface area contributed by atoms with Gasteiger partial charge >= 0.3 is 0 Å². The second-order valence-electron chi connectivity index (χ2n) is 5.23. The van der Waals surface area contributed by atoms with Gasteiger partial charge in [0.25, 0.3) is 0 Å². The third-order valence-electron chi connectivity index (χ3n) is 4.10. The van der Waals surface area contributed by atoms with Crippen molar-refractivity contribution in [2.75, 3.05) is 20.8 Å². The number of hydrogen-bond acceptors (Lipinski definition) is 3. The van der Waals surface area contributed by atoms with Crippen LogP contribution in [0.3, 0.4) is 0 Å². The van der Waals surface area contributed by atoms with E-state index in [9.17, 15) is 4.39 Å². The van der Waals surface area contributed by atoms with E-state index in [-0.39, 0.29) is 17.5 Å². The van der Waals surface area contributed by atoms with Crippen molar-refractivity contribution in [2.45, 2.75) is 37.8 Å². The summed E-state index contributed by atoms with van der Waals surface area (Å²) in [7, 11) is 3.29. The number of halogens is 1. The Balaban J connectivity index is 1.97. The topological polar surface area (TPSA) is 30.5 Å². The van der Waals surface area contributed by atoms with Gasteiger partial charge < -0.3 is 14.8 Å². The van der Waals surface area contributed by atoms with E-state index in [1.54, 1.807) is 19.2 Å². The summed E-state index contributed by atoms with van der Waals surface area (Å²) in [6, 6.07) is 4.93. The lowest BCUT2D eigenvalue weighted by Crippen LogP contribution is -2.48. The number of benzene rings is 1. The maximum absolute atomic E-state index is 13.9. The zero-order chi connectivity index (χ0) is 13.9. The first kappa shape index (κ1) is 14.3. The van der Waals surface area contributed by atoms with Gasteiger partial charge in [0.1, 0.15) is 11.6 Å². The van der Waals surface area contributed by atoms with Gasteiger partial charge in [-0.05, 0) is 32.3 Å². The van der Waals surface area contributed by atoms with Crippen molar-refractivity contribution in [3.05, 3.63) is 29.6 Å². The maximum atomic E-state index is 13.9. The molecule has 0 aliphatic heterocycles. The molecule has 0 bridgehead atoms. The molecule has 1 unspecified atom stereocenters. The predicted octanol–water partition coefficient (Wildman–Crippen LogP) is 3.05. The Morgan fingerprint density at radius 1 is 1.37 bits per heavy atom. The lowest BCUT2D eigenvalue weighted by molar-refractivity contribution is -0.0707. The molecule has 1 aliphatic carbocycles. The van der Waals surface area contributed by atoms with Crippen LogP contribution in [0.1, 0.15) is 37.8 Å². The van der Waals surface area contributed by atoms with Crippen molar-refractivity contribution < 1.29 is 13.9 Å². The van der Waals surface area contributed by atoms with Crippen LogP contribution in [0.25, 0.3) is 0 Å². The molecule has 1 aliphatic rings. The highest BCUT2D eigenvalue weighted by atomic mass is 19.1. The van der Waals surface area contributed by atoms with Gasteiger partial charge in [-0.3, -0.25) is 0 Å². The molecule has 4 heteroatoms. The Morgan fingerprint density at radius 3 is 2.58 bits per heavy atom. The van der Waals surface area contributed by atoms with E-state index in [1.165, 1.54) is 19.6 Å². The quantitative estimate of drug-likeness (QED) is 0.859. The van der Waals surface area contributed by atoms with E-state index in [4.69, 9.17) is 9.47 Å². The molecule has 1 saturated carbocycles. The molecule has 3 nitrogen and oxygen atoms in total. The largest absolute Gasteiger partial charge is 0.497 e. The molecule has 1 aromatic rings. The smallest absolute Gasteiger partial charge is 0.131 e. The average molecular weight is 267 g/mol. The van der Waals surface area contributed by atoms with Crippen LogP contribution < -0.4 is 10.1 Å². The van der Waals surface area contributed by atoms with Crippen molar-refractivity contribution in [3.63, 3.8) is 0 Å². The Bertz CT molecular complexity index is 427. The van der Waals surface area contributed by atoms with E-state index < -0.39 is 0 Å². The van der Waals surface area contributed by atoms with Gasteiger partial charge in [-0.1, -0.05) is 6.07 Å². The number of methoxy groups -OCH3 is 2. The third kappa shape index (κ3) is 3.07. The molecule has 1 atom stereocenters. The lowest BCUT2D eigenvalue weighted by Gasteiger charge is -2.41. The first-order valence-corrected chi connectivity index (χ1v) is 6.72. The molecular weight excluding hydrogens is 245 g/mol. The predicted molar refractivity (Wildman–Crippen MR) is 73.0 cm³/mol. The summed E-state index contributed by atoms with van der Waals surface area (Å²) in [6.45, 7) is 2.73. The number of hydrogen-bond donors (Lipinski definition) is 1. The third-order valence-corrected chi connectivity index (χ3v) is 4.10. The van der Waals surface area contributed by atoms with Crippen LogP contribution in [-0.2, 0) is 4.74 Å². The van der Waals surface area contributed by atoms with Crippen LogP contribution in [-0.4, -0.2) is 26.4 Å². The monoisotopic (exact) mass is 267 g/mol. The lowest BCUT2D eigenvalue weighted by atomic mass is 9.80. The summed E-state index contributed by atoms with van der Waals surface area (Å²) in [6.07, 6.45) is 3.36. The average Bonchev–Trinajstić information content (AvgIpc) is 2.37. The fourth-order valence-electron chi connectivity index (χ4n) is 2.46. The van der Waals surface area contributed by atoms with Gasteiger partial charge in [0.2, 0.25) is 0 Å². The van der Waals surface area contributed by atoms with E-state index in [2.05, 4.69) is 5.32 Å². The summed E-state index contributed by atoms with van der Waals surface area (Å²) in [5.41, 5.74) is 0.614. The zero-order valence-corrected chi connectivity index (χ0v) is 11.8. The Kier molecular flexibility index (Phi) is 4.42. The molecule has 106 valence electrons. The maximum Gasteiger partial charge on any atom is 0.131 e. The molecule has 0 spiro atoms. The van der Waals surface area contributed by atoms with Gasteiger partial charge in [0, 0.05) is 31.3 Å². The SMILES string of the molecule is COc1ccc(C(C)NCC2(OC)CCC2)c(F)c1. The number of nitrogens with one attached hydrogen (secondary N) is 1. The summed E-state index contributed by atoms with van der Waals surface area (Å²) in [4.78, 5) is 0. The highest BCUT2D eigenvalue weighted by molar-refractivity contribution is 5.30. The molecular formula is C15H22FNO2. The number of rotatable bonds is 6. The number of ether oxygens (including phenoxy) is 2. The molecule has 0 heterocycles. The fourth-order valence-corrected chi connectivity index (χ4v) is 2.46. The fraction of sp³-hybridized carbons (Fsp3) is 0.600. The molecule has 0 radical (unpaired) electrons. The normalized spacial score (nSPS) is 18.7. The highest BCUT2D eigenvalue weighted by Crippen LogP contribution is 2.35. The van der Waals surface area contributed by atoms with Crippen molar-refractivity contribution >= 4 is 0 Å². The molecule has 19 heavy (non-hydrogen) atoms. The van der Waals surface area contributed by atoms with Crippen LogP contribution in [0.4, 0.5) is 4.39 Å². The summed E-state index contributed by atoms with van der Waals surface area (Å²) < 4.78 is 24.5. The van der Waals surface area contributed by atoms with Gasteiger partial charge in [-0.25, -0.2) is 4.39 Å². The zero-order valence-electron chi connectivity index (χ0n) is 11.8. The minimum Gasteiger partial charge on any atom is -0.497 e. The van der Waals surface area contributed by atoms with Crippen molar-refractivity contribution in [1.82, 2.24) is 5.32 Å². The molecule has 1 aromatic carbocycles. The minimum atomic E-state index is -0.237. The van der Waals surface area contributed by atoms with Gasteiger partial charge in [-0.15, -0.1) is 0 Å². The Morgan fingerprint density at radius 2 is 2.11 bits per heavy atom. The van der Waals surface area contributed by atoms with Crippen molar-refractivity contribution in [1.29, 1.82) is 0 Å². The highest BCUT2D eigenvalue weighted by Gasteiger charge is 2.36. The van der Waals surface area contributed by atoms with Crippen LogP contribution in [0.2, 0.25) is 0 Å². The second kappa shape index (κ2) is 5.88. The van der Waals surface area contributed by atoms with E-state index in [0.29, 0.717) is 11.3 Å². The second-order valence-corrected chi connectivity index (χ2v) is 5.23. The van der Waals surface area contributed by atoms with Crippen LogP contribution in [0.5, 0.6) is 5.75 Å². The summed E-state index contributed by atoms with van der Waals surface area (Å²) >= 11 is 0. The van der Waals surface area contributed by atoms with E-state index in [0.717, 1.165) is 19.4 Å². The molecule has 0 amide bonds. The molecule has 1 N–H and O–H groups in total. The van der Waals surface area contributed by atoms with E-state index in [1.807, 2.05) is 6.92 Å². The van der Waals surface area contributed by atoms with E-state index >= 15 is 0 Å². The molecule has 0 aromatic heterocycles. The Hall–Kier alpha value is -1.13. The standard InChI is InChI=1S/C15H22FNO2/c1-11(17-10-15(19-3)7-4-8-15)13-6-5-12(18-2)9-14(13)16/h5-6,9,11,17H,4,7-8,10H2,1-3H3. The van der Waals surface area contributed by atoms with Crippen LogP contribution >= 0.6 is 0 Å². The molecule has 2 rings (SSSR count). The first-order valence-electron chi connectivity index (χ1n) is 6.72. The van der Waals surface area contributed by atoms with Crippen LogP contribution in [0.15, 0.2) is 18.2 Å². The van der Waals surface area contributed by atoms with Crippen LogP contribution in [0, 0.1) is 5.82 Å². The summed E-state index contributed by atoms with van der Waals surface area (Å²) in [5.74, 6) is 0.306. The molecule has 0 saturated heterocycles. The first-order chi connectivity index (χ1) is 9.10. The van der Waals surface area contributed by atoms with Crippen molar-refractivity contribution in [2.24, 2.45) is 0 Å². The Labute approximate surface area is 114 Å². The van der Waals surface area contributed by atoms with Gasteiger partial charge in [0.15, 0.2) is 0 Å². The summed E-state index contributed by atoms with van der Waals surface area (Å²) in [5, 5.41) is 3.37. The van der Waals surface area contributed by atoms with Gasteiger partial charge in [0.05, 0.1) is 12.7 Å². The minimum absolute atomic E-state index is 0.0430.